The van der Waals surface area contributed by atoms with Crippen LogP contribution in [0, 0.1) is 11.3 Å². The zero-order valence-corrected chi connectivity index (χ0v) is 11.3. The standard InChI is InChI=1S/C12H15N3O3S/c1-2-7-19(17,18)14-9-12(16)15-11-5-3-10(8-13)4-6-11/h3-6,14H,2,7,9H2,1H3,(H,15,16). The van der Waals surface area contributed by atoms with Crippen molar-refractivity contribution < 1.29 is 13.2 Å². The SMILES string of the molecule is CCCS(=O)(=O)NCC(=O)Nc1ccc(C#N)cc1. The van der Waals surface area contributed by atoms with Gasteiger partial charge in [0.15, 0.2) is 0 Å². The fourth-order valence-electron chi connectivity index (χ4n) is 1.35. The third-order valence-electron chi connectivity index (χ3n) is 2.22. The first-order valence-corrected chi connectivity index (χ1v) is 7.39. The highest BCUT2D eigenvalue weighted by Crippen LogP contribution is 2.08. The zero-order valence-electron chi connectivity index (χ0n) is 10.5. The van der Waals surface area contributed by atoms with Crippen LogP contribution in [0.3, 0.4) is 0 Å². The normalized spacial score (nSPS) is 10.7. The van der Waals surface area contributed by atoms with Gasteiger partial charge in [-0.25, -0.2) is 13.1 Å². The van der Waals surface area contributed by atoms with Crippen LogP contribution in [0.2, 0.25) is 0 Å². The van der Waals surface area contributed by atoms with Gasteiger partial charge in [0.1, 0.15) is 0 Å². The summed E-state index contributed by atoms with van der Waals surface area (Å²) in [6, 6.07) is 8.26. The Morgan fingerprint density at radius 2 is 1.95 bits per heavy atom. The van der Waals surface area contributed by atoms with E-state index in [1.165, 1.54) is 0 Å². The molecule has 1 aromatic rings. The van der Waals surface area contributed by atoms with Crippen molar-refractivity contribution in [2.75, 3.05) is 17.6 Å². The molecule has 0 saturated carbocycles. The van der Waals surface area contributed by atoms with Crippen LogP contribution in [0.5, 0.6) is 0 Å². The first kappa shape index (κ1) is 15.1. The van der Waals surface area contributed by atoms with E-state index in [4.69, 9.17) is 5.26 Å². The van der Waals surface area contributed by atoms with Gasteiger partial charge in [0.05, 0.1) is 23.9 Å². The first-order valence-electron chi connectivity index (χ1n) is 5.74. The average Bonchev–Trinajstić information content (AvgIpc) is 2.37. The maximum absolute atomic E-state index is 11.5. The lowest BCUT2D eigenvalue weighted by Gasteiger charge is -2.07. The summed E-state index contributed by atoms with van der Waals surface area (Å²) in [6.45, 7) is 1.44. The highest BCUT2D eigenvalue weighted by atomic mass is 32.2. The summed E-state index contributed by atoms with van der Waals surface area (Å²) in [5, 5.41) is 11.2. The lowest BCUT2D eigenvalue weighted by atomic mass is 10.2. The minimum absolute atomic E-state index is 0.00283. The third kappa shape index (κ3) is 5.50. The van der Waals surface area contributed by atoms with E-state index in [2.05, 4.69) is 10.0 Å². The molecule has 19 heavy (non-hydrogen) atoms. The smallest absolute Gasteiger partial charge is 0.239 e. The average molecular weight is 281 g/mol. The number of hydrogen-bond acceptors (Lipinski definition) is 4. The Balaban J connectivity index is 2.49. The van der Waals surface area contributed by atoms with Crippen molar-refractivity contribution in [2.24, 2.45) is 0 Å². The fraction of sp³-hybridized carbons (Fsp3) is 0.333. The lowest BCUT2D eigenvalue weighted by Crippen LogP contribution is -2.34. The summed E-state index contributed by atoms with van der Waals surface area (Å²) in [5.74, 6) is -0.457. The zero-order chi connectivity index (χ0) is 14.3. The summed E-state index contributed by atoms with van der Waals surface area (Å²) < 4.78 is 24.9. The Morgan fingerprint density at radius 3 is 2.47 bits per heavy atom. The highest BCUT2D eigenvalue weighted by molar-refractivity contribution is 7.89. The van der Waals surface area contributed by atoms with E-state index in [-0.39, 0.29) is 12.3 Å². The Labute approximate surface area is 112 Å². The number of nitriles is 1. The van der Waals surface area contributed by atoms with Gasteiger partial charge in [0.2, 0.25) is 15.9 Å². The van der Waals surface area contributed by atoms with Crippen LogP contribution in [0.1, 0.15) is 18.9 Å². The number of carbonyl (C=O) groups is 1. The molecule has 0 radical (unpaired) electrons. The van der Waals surface area contributed by atoms with Gasteiger partial charge in [0, 0.05) is 5.69 Å². The minimum atomic E-state index is -3.38. The monoisotopic (exact) mass is 281 g/mol. The van der Waals surface area contributed by atoms with Crippen molar-refractivity contribution in [2.45, 2.75) is 13.3 Å². The van der Waals surface area contributed by atoms with E-state index in [1.807, 2.05) is 6.07 Å². The topological polar surface area (TPSA) is 99.1 Å². The van der Waals surface area contributed by atoms with E-state index in [9.17, 15) is 13.2 Å². The molecule has 0 unspecified atom stereocenters. The number of benzene rings is 1. The van der Waals surface area contributed by atoms with Gasteiger partial charge in [-0.3, -0.25) is 4.79 Å². The molecule has 1 amide bonds. The summed E-state index contributed by atoms with van der Waals surface area (Å²) in [4.78, 5) is 11.5. The number of carbonyl (C=O) groups excluding carboxylic acids is 1. The van der Waals surface area contributed by atoms with Gasteiger partial charge in [-0.15, -0.1) is 0 Å². The van der Waals surface area contributed by atoms with Crippen LogP contribution in [0.25, 0.3) is 0 Å². The minimum Gasteiger partial charge on any atom is -0.325 e. The second-order valence-electron chi connectivity index (χ2n) is 3.88. The molecule has 0 bridgehead atoms. The number of anilines is 1. The molecule has 102 valence electrons. The van der Waals surface area contributed by atoms with Crippen LogP contribution in [0.15, 0.2) is 24.3 Å². The maximum Gasteiger partial charge on any atom is 0.239 e. The summed E-state index contributed by atoms with van der Waals surface area (Å²) in [5.41, 5.74) is 1.00. The van der Waals surface area contributed by atoms with E-state index < -0.39 is 15.9 Å². The predicted octanol–water partition coefficient (Wildman–Crippen LogP) is 0.826. The number of amides is 1. The highest BCUT2D eigenvalue weighted by Gasteiger charge is 2.10. The molecular formula is C12H15N3O3S. The lowest BCUT2D eigenvalue weighted by molar-refractivity contribution is -0.115. The quantitative estimate of drug-likeness (QED) is 0.806. The number of nitrogens with zero attached hydrogens (tertiary/aromatic N) is 1. The molecule has 0 spiro atoms. The Bertz CT molecular complexity index is 573. The van der Waals surface area contributed by atoms with Crippen molar-refractivity contribution in [1.82, 2.24) is 4.72 Å². The van der Waals surface area contributed by atoms with Crippen molar-refractivity contribution in [3.63, 3.8) is 0 Å². The van der Waals surface area contributed by atoms with Gasteiger partial charge >= 0.3 is 0 Å². The van der Waals surface area contributed by atoms with Gasteiger partial charge in [-0.1, -0.05) is 6.92 Å². The maximum atomic E-state index is 11.5. The molecule has 0 aromatic heterocycles. The fourth-order valence-corrected chi connectivity index (χ4v) is 2.38. The molecule has 6 nitrogen and oxygen atoms in total. The van der Waals surface area contributed by atoms with E-state index in [0.29, 0.717) is 17.7 Å². The summed E-state index contributed by atoms with van der Waals surface area (Å²) >= 11 is 0. The van der Waals surface area contributed by atoms with Crippen LogP contribution in [-0.4, -0.2) is 26.6 Å². The van der Waals surface area contributed by atoms with Gasteiger partial charge in [-0.05, 0) is 30.7 Å². The van der Waals surface area contributed by atoms with Crippen molar-refractivity contribution in [3.8, 4) is 6.07 Å². The van der Waals surface area contributed by atoms with E-state index in [1.54, 1.807) is 31.2 Å². The van der Waals surface area contributed by atoms with E-state index in [0.717, 1.165) is 0 Å². The molecule has 0 fully saturated rings. The van der Waals surface area contributed by atoms with Crippen molar-refractivity contribution in [3.05, 3.63) is 29.8 Å². The van der Waals surface area contributed by atoms with Gasteiger partial charge < -0.3 is 5.32 Å². The molecule has 2 N–H and O–H groups in total. The number of hydrogen-bond donors (Lipinski definition) is 2. The van der Waals surface area contributed by atoms with Crippen LogP contribution in [-0.2, 0) is 14.8 Å². The molecule has 0 atom stereocenters. The Kier molecular flexibility index (Phi) is 5.48. The molecule has 0 heterocycles. The molecule has 0 aliphatic carbocycles. The Morgan fingerprint density at radius 1 is 1.32 bits per heavy atom. The second-order valence-corrected chi connectivity index (χ2v) is 5.80. The van der Waals surface area contributed by atoms with Gasteiger partial charge in [0.25, 0.3) is 0 Å². The molecule has 0 saturated heterocycles. The molecule has 0 aliphatic heterocycles. The van der Waals surface area contributed by atoms with Crippen LogP contribution < -0.4 is 10.0 Å². The summed E-state index contributed by atoms with van der Waals surface area (Å²) in [7, 11) is -3.38. The van der Waals surface area contributed by atoms with E-state index >= 15 is 0 Å². The third-order valence-corrected chi connectivity index (χ3v) is 3.75. The predicted molar refractivity (Wildman–Crippen MR) is 71.9 cm³/mol. The molecule has 7 heteroatoms. The number of rotatable bonds is 6. The number of sulfonamides is 1. The molecule has 1 rings (SSSR count). The van der Waals surface area contributed by atoms with Crippen molar-refractivity contribution >= 4 is 21.6 Å². The Hall–Kier alpha value is -1.91. The molecular weight excluding hydrogens is 266 g/mol. The molecule has 1 aromatic carbocycles. The van der Waals surface area contributed by atoms with Crippen LogP contribution >= 0.6 is 0 Å². The first-order chi connectivity index (χ1) is 8.96. The largest absolute Gasteiger partial charge is 0.325 e. The van der Waals surface area contributed by atoms with Crippen molar-refractivity contribution in [1.29, 1.82) is 5.26 Å². The summed E-state index contributed by atoms with van der Waals surface area (Å²) in [6.07, 6.45) is 0.493. The van der Waals surface area contributed by atoms with Crippen LogP contribution in [0.4, 0.5) is 5.69 Å². The van der Waals surface area contributed by atoms with Gasteiger partial charge in [-0.2, -0.15) is 5.26 Å². The number of nitrogens with one attached hydrogen (secondary N) is 2. The molecule has 0 aliphatic rings. The second kappa shape index (κ2) is 6.87.